The maximum atomic E-state index is 11.9. The van der Waals surface area contributed by atoms with Gasteiger partial charge < -0.3 is 20.0 Å². The normalized spacial score (nSPS) is 11.8. The number of urea groups is 1. The summed E-state index contributed by atoms with van der Waals surface area (Å²) in [6.07, 6.45) is 1.73. The fourth-order valence-electron chi connectivity index (χ4n) is 2.00. The minimum Gasteiger partial charge on any atom is -0.464 e. The van der Waals surface area contributed by atoms with Crippen LogP contribution in [0.15, 0.2) is 34.9 Å². The van der Waals surface area contributed by atoms with Crippen molar-refractivity contribution in [3.63, 3.8) is 0 Å². The van der Waals surface area contributed by atoms with Crippen LogP contribution in [0.25, 0.3) is 0 Å². The summed E-state index contributed by atoms with van der Waals surface area (Å²) in [5.74, 6) is 2.43. The van der Waals surface area contributed by atoms with Gasteiger partial charge in [0.1, 0.15) is 17.3 Å². The number of hydrogen-bond acceptors (Lipinski definition) is 4. The van der Waals surface area contributed by atoms with Crippen LogP contribution in [0.2, 0.25) is 0 Å². The van der Waals surface area contributed by atoms with Crippen molar-refractivity contribution in [3.8, 4) is 0 Å². The summed E-state index contributed by atoms with van der Waals surface area (Å²) in [6.45, 7) is 4.20. The average molecular weight is 302 g/mol. The fourth-order valence-corrected chi connectivity index (χ4v) is 2.00. The van der Waals surface area contributed by atoms with Gasteiger partial charge in [0, 0.05) is 26.8 Å². The number of amides is 2. The van der Waals surface area contributed by atoms with Crippen molar-refractivity contribution < 1.29 is 9.21 Å². The number of carbonyl (C=O) groups excluding carboxylic acids is 1. The smallest absolute Gasteiger partial charge is 0.315 e. The van der Waals surface area contributed by atoms with Gasteiger partial charge in [0.2, 0.25) is 0 Å². The molecule has 0 aliphatic rings. The molecule has 22 heavy (non-hydrogen) atoms. The molecule has 0 saturated carbocycles. The van der Waals surface area contributed by atoms with E-state index < -0.39 is 0 Å². The number of anilines is 1. The second-order valence-electron chi connectivity index (χ2n) is 5.41. The summed E-state index contributed by atoms with van der Waals surface area (Å²) in [5, 5.41) is 5.68. The molecule has 1 atom stereocenters. The molecule has 2 amide bonds. The van der Waals surface area contributed by atoms with Crippen LogP contribution in [0.4, 0.5) is 10.6 Å². The van der Waals surface area contributed by atoms with Crippen LogP contribution in [-0.2, 0) is 6.54 Å². The van der Waals surface area contributed by atoms with Crippen molar-refractivity contribution >= 4 is 11.8 Å². The van der Waals surface area contributed by atoms with Crippen molar-refractivity contribution in [2.75, 3.05) is 19.0 Å². The number of aryl methyl sites for hydroxylation is 1. The van der Waals surface area contributed by atoms with E-state index in [1.165, 1.54) is 0 Å². The number of furan rings is 1. The standard InChI is InChI=1S/C16H22N4O2/c1-11-5-6-14(22-11)12(2)19-16(21)18-10-13-7-8-17-15(9-13)20(3)4/h5-9,12H,10H2,1-4H3,(H2,18,19,21). The molecule has 2 heterocycles. The van der Waals surface area contributed by atoms with E-state index in [9.17, 15) is 4.79 Å². The highest BCUT2D eigenvalue weighted by molar-refractivity contribution is 5.74. The first kappa shape index (κ1) is 15.9. The number of nitrogens with zero attached hydrogens (tertiary/aromatic N) is 2. The van der Waals surface area contributed by atoms with E-state index in [-0.39, 0.29) is 12.1 Å². The van der Waals surface area contributed by atoms with Gasteiger partial charge in [-0.05, 0) is 43.7 Å². The molecule has 1 unspecified atom stereocenters. The lowest BCUT2D eigenvalue weighted by atomic mass is 10.2. The van der Waals surface area contributed by atoms with E-state index in [0.29, 0.717) is 6.54 Å². The molecule has 6 heteroatoms. The lowest BCUT2D eigenvalue weighted by Crippen LogP contribution is -2.36. The number of carbonyl (C=O) groups is 1. The molecule has 0 saturated heterocycles. The predicted octanol–water partition coefficient (Wildman–Crippen LogP) is 2.61. The molecular weight excluding hydrogens is 280 g/mol. The van der Waals surface area contributed by atoms with Crippen molar-refractivity contribution in [2.45, 2.75) is 26.4 Å². The van der Waals surface area contributed by atoms with Gasteiger partial charge in [-0.2, -0.15) is 0 Å². The van der Waals surface area contributed by atoms with Crippen molar-refractivity contribution in [1.29, 1.82) is 0 Å². The number of rotatable bonds is 5. The Kier molecular flexibility index (Phi) is 5.04. The van der Waals surface area contributed by atoms with Gasteiger partial charge >= 0.3 is 6.03 Å². The van der Waals surface area contributed by atoms with Crippen LogP contribution < -0.4 is 15.5 Å². The minimum absolute atomic E-state index is 0.177. The number of nitrogens with one attached hydrogen (secondary N) is 2. The summed E-state index contributed by atoms with van der Waals surface area (Å²) >= 11 is 0. The summed E-state index contributed by atoms with van der Waals surface area (Å²) in [7, 11) is 3.86. The Morgan fingerprint density at radius 3 is 2.77 bits per heavy atom. The Hall–Kier alpha value is -2.50. The van der Waals surface area contributed by atoms with Gasteiger partial charge in [0.25, 0.3) is 0 Å². The highest BCUT2D eigenvalue weighted by Crippen LogP contribution is 2.15. The largest absolute Gasteiger partial charge is 0.464 e. The van der Waals surface area contributed by atoms with E-state index in [1.807, 2.05) is 57.1 Å². The van der Waals surface area contributed by atoms with E-state index in [0.717, 1.165) is 22.9 Å². The van der Waals surface area contributed by atoms with Crippen LogP contribution in [0.5, 0.6) is 0 Å². The third-order valence-electron chi connectivity index (χ3n) is 3.26. The lowest BCUT2D eigenvalue weighted by Gasteiger charge is -2.14. The molecule has 6 nitrogen and oxygen atoms in total. The van der Waals surface area contributed by atoms with Crippen LogP contribution in [0.3, 0.4) is 0 Å². The summed E-state index contributed by atoms with van der Waals surface area (Å²) in [5.41, 5.74) is 0.996. The highest BCUT2D eigenvalue weighted by atomic mass is 16.3. The zero-order chi connectivity index (χ0) is 16.1. The van der Waals surface area contributed by atoms with Crippen LogP contribution in [-0.4, -0.2) is 25.1 Å². The maximum Gasteiger partial charge on any atom is 0.315 e. The molecular formula is C16H22N4O2. The van der Waals surface area contributed by atoms with E-state index in [4.69, 9.17) is 4.42 Å². The molecule has 118 valence electrons. The molecule has 2 aromatic rings. The van der Waals surface area contributed by atoms with Crippen LogP contribution in [0, 0.1) is 6.92 Å². The molecule has 0 radical (unpaired) electrons. The Bertz CT molecular complexity index is 637. The first-order valence-corrected chi connectivity index (χ1v) is 7.18. The highest BCUT2D eigenvalue weighted by Gasteiger charge is 2.12. The topological polar surface area (TPSA) is 70.4 Å². The zero-order valence-electron chi connectivity index (χ0n) is 13.4. The average Bonchev–Trinajstić information content (AvgIpc) is 2.92. The Labute approximate surface area is 130 Å². The number of hydrogen-bond donors (Lipinski definition) is 2. The summed E-state index contributed by atoms with van der Waals surface area (Å²) in [6, 6.07) is 7.16. The fraction of sp³-hybridized carbons (Fsp3) is 0.375. The van der Waals surface area contributed by atoms with Gasteiger partial charge in [-0.3, -0.25) is 0 Å². The summed E-state index contributed by atoms with van der Waals surface area (Å²) < 4.78 is 5.49. The van der Waals surface area contributed by atoms with Crippen molar-refractivity contribution in [1.82, 2.24) is 15.6 Å². The first-order chi connectivity index (χ1) is 10.5. The van der Waals surface area contributed by atoms with Gasteiger partial charge in [-0.15, -0.1) is 0 Å². The predicted molar refractivity (Wildman–Crippen MR) is 85.8 cm³/mol. The van der Waals surface area contributed by atoms with Gasteiger partial charge in [0.05, 0.1) is 6.04 Å². The molecule has 0 fully saturated rings. The summed E-state index contributed by atoms with van der Waals surface area (Å²) in [4.78, 5) is 18.1. The van der Waals surface area contributed by atoms with E-state index in [2.05, 4.69) is 15.6 Å². The molecule has 2 aromatic heterocycles. The van der Waals surface area contributed by atoms with Crippen LogP contribution in [0.1, 0.15) is 30.0 Å². The number of aromatic nitrogens is 1. The zero-order valence-corrected chi connectivity index (χ0v) is 13.4. The molecule has 2 N–H and O–H groups in total. The third kappa shape index (κ3) is 4.25. The molecule has 2 rings (SSSR count). The van der Waals surface area contributed by atoms with Crippen molar-refractivity contribution in [2.24, 2.45) is 0 Å². The minimum atomic E-state index is -0.232. The number of pyridine rings is 1. The van der Waals surface area contributed by atoms with Crippen molar-refractivity contribution in [3.05, 3.63) is 47.5 Å². The lowest BCUT2D eigenvalue weighted by molar-refractivity contribution is 0.235. The van der Waals surface area contributed by atoms with Gasteiger partial charge in [0.15, 0.2) is 0 Å². The van der Waals surface area contributed by atoms with Crippen LogP contribution >= 0.6 is 0 Å². The van der Waals surface area contributed by atoms with E-state index >= 15 is 0 Å². The molecule has 0 spiro atoms. The van der Waals surface area contributed by atoms with Gasteiger partial charge in [-0.1, -0.05) is 0 Å². The SMILES string of the molecule is Cc1ccc(C(C)NC(=O)NCc2ccnc(N(C)C)c2)o1. The monoisotopic (exact) mass is 302 g/mol. The second kappa shape index (κ2) is 6.98. The Morgan fingerprint density at radius 2 is 2.14 bits per heavy atom. The Morgan fingerprint density at radius 1 is 1.36 bits per heavy atom. The Balaban J connectivity index is 1.86. The third-order valence-corrected chi connectivity index (χ3v) is 3.26. The molecule has 0 aromatic carbocycles. The quantitative estimate of drug-likeness (QED) is 0.890. The van der Waals surface area contributed by atoms with Gasteiger partial charge in [-0.25, -0.2) is 9.78 Å². The second-order valence-corrected chi connectivity index (χ2v) is 5.41. The first-order valence-electron chi connectivity index (χ1n) is 7.18. The molecule has 0 aliphatic heterocycles. The molecule has 0 aliphatic carbocycles. The maximum absolute atomic E-state index is 11.9. The molecule has 0 bridgehead atoms. The van der Waals surface area contributed by atoms with E-state index in [1.54, 1.807) is 6.20 Å².